The number of para-hydroxylation sites is 5. The summed E-state index contributed by atoms with van der Waals surface area (Å²) in [6, 6.07) is 166. The number of pyridine rings is 2. The van der Waals surface area contributed by atoms with Crippen LogP contribution in [0.5, 0.6) is 0 Å². The van der Waals surface area contributed by atoms with Crippen LogP contribution in [-0.2, 0) is 16.2 Å². The van der Waals surface area contributed by atoms with Crippen molar-refractivity contribution < 1.29 is 4.42 Å². The van der Waals surface area contributed by atoms with E-state index in [1.807, 2.05) is 6.07 Å². The zero-order valence-electron chi connectivity index (χ0n) is 70.4. The van der Waals surface area contributed by atoms with Gasteiger partial charge in [-0.15, -0.1) is 0 Å². The first-order valence-electron chi connectivity index (χ1n) is 45.2. The van der Waals surface area contributed by atoms with Gasteiger partial charge in [0.1, 0.15) is 11.2 Å². The number of hydrogen-bond donors (Lipinski definition) is 0. The van der Waals surface area contributed by atoms with E-state index in [1.54, 1.807) is 0 Å². The number of hydrogen-bond acceptors (Lipinski definition) is 3. The maximum Gasteiger partial charge on any atom is 0.137 e. The van der Waals surface area contributed by atoms with Gasteiger partial charge in [0.05, 0.1) is 60.7 Å². The molecule has 0 amide bonds. The number of furan rings is 1. The topological polar surface area (TPSA) is 48.8 Å². The molecule has 0 radical (unpaired) electrons. The maximum atomic E-state index is 6.44. The third-order valence-corrected chi connectivity index (χ3v) is 29.8. The molecule has 0 aliphatic heterocycles. The molecule has 2 spiro atoms. The minimum atomic E-state index is -0.514. The van der Waals surface area contributed by atoms with Crippen LogP contribution in [0.25, 0.3) is 198 Å². The molecule has 20 aromatic carbocycles. The first-order chi connectivity index (χ1) is 64.5. The van der Waals surface area contributed by atoms with Crippen molar-refractivity contribution in [1.29, 1.82) is 0 Å². The van der Waals surface area contributed by atoms with Crippen molar-refractivity contribution in [2.75, 3.05) is 0 Å². The van der Waals surface area contributed by atoms with Crippen LogP contribution in [0.2, 0.25) is 0 Å². The molecule has 0 fully saturated rings. The standard InChI is InChI=1S/C69H42N2.C56H32N2O/c1-3-21-44(22-4-1)68(45-23-5-2-6-24-45)56-32-13-9-28-49(56)54-41-55-50-29-12-18-37-63(50)71(64(55)42-61(54)68)46-25-19-20-43(40-46)67-53-38-39-60-66(65(53)52-31-11-17-36-62(52)70-67)51-30-10-16-35-59(51)69(60)57-33-14-7-26-47(57)48-27-8-15-34-58(48)69;1-7-22-44-35(16-1)36-17-2-8-23-45(36)56(44)46-24-9-3-20-39(46)54-47(56)29-28-41-53(54)40-21-4-10-25-48(40)57-55(41)33-14-13-15-34(30-33)58-49-26-11-5-18-37(49)42-31-43-38-19-6-12-27-51(38)59-52(43)32-50(42)58/h1-42H;1-32H. The molecule has 30 rings (SSSR count). The Morgan fingerprint density at radius 1 is 0.192 bits per heavy atom. The maximum absolute atomic E-state index is 6.44. The summed E-state index contributed by atoms with van der Waals surface area (Å²) in [5.41, 5.74) is 42.2. The Balaban J connectivity index is 0.000000130. The van der Waals surface area contributed by atoms with Crippen LogP contribution >= 0.6 is 0 Å². The van der Waals surface area contributed by atoms with Gasteiger partial charge in [0.15, 0.2) is 0 Å². The van der Waals surface area contributed by atoms with Crippen LogP contribution in [-0.4, -0.2) is 19.1 Å². The smallest absolute Gasteiger partial charge is 0.137 e. The molecule has 5 aliphatic carbocycles. The summed E-state index contributed by atoms with van der Waals surface area (Å²) in [6.07, 6.45) is 0. The van der Waals surface area contributed by atoms with Crippen molar-refractivity contribution in [3.8, 4) is 89.5 Å². The van der Waals surface area contributed by atoms with Crippen LogP contribution in [0.1, 0.15) is 66.8 Å². The van der Waals surface area contributed by atoms with Crippen LogP contribution in [0.4, 0.5) is 0 Å². The van der Waals surface area contributed by atoms with Crippen LogP contribution in [0.3, 0.4) is 0 Å². The van der Waals surface area contributed by atoms with E-state index in [1.165, 1.54) is 177 Å². The monoisotopic (exact) mass is 1650 g/mol. The van der Waals surface area contributed by atoms with Crippen molar-refractivity contribution in [3.05, 3.63) is 516 Å². The van der Waals surface area contributed by atoms with Crippen LogP contribution in [0, 0.1) is 0 Å². The van der Waals surface area contributed by atoms with Crippen molar-refractivity contribution >= 4 is 109 Å². The highest BCUT2D eigenvalue weighted by molar-refractivity contribution is 6.24. The second kappa shape index (κ2) is 26.6. The summed E-state index contributed by atoms with van der Waals surface area (Å²) in [4.78, 5) is 11.1. The number of benzene rings is 20. The second-order valence-electron chi connectivity index (χ2n) is 35.8. The summed E-state index contributed by atoms with van der Waals surface area (Å²) in [5, 5.41) is 14.3. The molecule has 5 aliphatic rings. The highest BCUT2D eigenvalue weighted by atomic mass is 16.3. The van der Waals surface area contributed by atoms with Gasteiger partial charge in [0, 0.05) is 93.2 Å². The van der Waals surface area contributed by atoms with Crippen molar-refractivity contribution in [3.63, 3.8) is 0 Å². The van der Waals surface area contributed by atoms with Gasteiger partial charge in [-0.3, -0.25) is 0 Å². The Hall–Kier alpha value is -16.9. The molecule has 5 nitrogen and oxygen atoms in total. The van der Waals surface area contributed by atoms with E-state index in [9.17, 15) is 0 Å². The molecule has 0 saturated carbocycles. The van der Waals surface area contributed by atoms with E-state index in [0.717, 1.165) is 88.7 Å². The fourth-order valence-electron chi connectivity index (χ4n) is 24.9. The zero-order valence-corrected chi connectivity index (χ0v) is 70.4. The lowest BCUT2D eigenvalue weighted by atomic mass is 9.67. The minimum absolute atomic E-state index is 0.417. The molecule has 0 saturated heterocycles. The molecular formula is C125H74N4O. The van der Waals surface area contributed by atoms with E-state index in [4.69, 9.17) is 14.4 Å². The van der Waals surface area contributed by atoms with Crippen LogP contribution in [0.15, 0.2) is 453 Å². The fourth-order valence-corrected chi connectivity index (χ4v) is 24.9. The quantitative estimate of drug-likeness (QED) is 0.156. The minimum Gasteiger partial charge on any atom is -0.456 e. The highest BCUT2D eigenvalue weighted by Gasteiger charge is 2.55. The molecule has 0 bridgehead atoms. The van der Waals surface area contributed by atoms with Gasteiger partial charge in [-0.05, 0) is 195 Å². The average molecular weight is 1650 g/mol. The Labute approximate surface area is 748 Å². The molecule has 25 aromatic rings. The predicted molar refractivity (Wildman–Crippen MR) is 535 cm³/mol. The van der Waals surface area contributed by atoms with Gasteiger partial charge in [-0.25, -0.2) is 9.97 Å². The lowest BCUT2D eigenvalue weighted by Gasteiger charge is -2.34. The van der Waals surface area contributed by atoms with E-state index >= 15 is 0 Å². The molecule has 600 valence electrons. The number of fused-ring (bicyclic) bond motifs is 40. The largest absolute Gasteiger partial charge is 0.456 e. The van der Waals surface area contributed by atoms with Crippen molar-refractivity contribution in [2.45, 2.75) is 16.2 Å². The summed E-state index contributed by atoms with van der Waals surface area (Å²) < 4.78 is 11.3. The van der Waals surface area contributed by atoms with Gasteiger partial charge in [0.2, 0.25) is 0 Å². The third kappa shape index (κ3) is 9.28. The lowest BCUT2D eigenvalue weighted by molar-refractivity contribution is 0.669. The molecule has 5 aromatic heterocycles. The number of nitrogens with zero attached hydrogens (tertiary/aromatic N) is 4. The lowest BCUT2D eigenvalue weighted by Crippen LogP contribution is -2.28. The van der Waals surface area contributed by atoms with E-state index in [-0.39, 0.29) is 0 Å². The van der Waals surface area contributed by atoms with E-state index < -0.39 is 16.2 Å². The normalized spacial score (nSPS) is 13.9. The highest BCUT2D eigenvalue weighted by Crippen LogP contribution is 2.67. The van der Waals surface area contributed by atoms with E-state index in [2.05, 4.69) is 452 Å². The second-order valence-corrected chi connectivity index (χ2v) is 35.8. The van der Waals surface area contributed by atoms with Gasteiger partial charge in [-0.1, -0.05) is 370 Å². The zero-order chi connectivity index (χ0) is 84.8. The molecule has 5 heterocycles. The third-order valence-electron chi connectivity index (χ3n) is 29.8. The molecule has 0 unspecified atom stereocenters. The summed E-state index contributed by atoms with van der Waals surface area (Å²) >= 11 is 0. The number of rotatable bonds is 6. The Morgan fingerprint density at radius 3 is 1.02 bits per heavy atom. The fraction of sp³-hybridized carbons (Fsp3) is 0.0240. The van der Waals surface area contributed by atoms with E-state index in [0.29, 0.717) is 0 Å². The van der Waals surface area contributed by atoms with Crippen molar-refractivity contribution in [1.82, 2.24) is 19.1 Å². The van der Waals surface area contributed by atoms with Crippen LogP contribution < -0.4 is 0 Å². The molecule has 130 heavy (non-hydrogen) atoms. The Morgan fingerprint density at radius 2 is 0.554 bits per heavy atom. The van der Waals surface area contributed by atoms with Gasteiger partial charge >= 0.3 is 0 Å². The summed E-state index contributed by atoms with van der Waals surface area (Å²) in [6.45, 7) is 0. The SMILES string of the molecule is c1cc(-c2nc3ccccc3c3c4c(ccc23)C2(c3ccccc3-c3ccccc32)c2ccccc2-4)cc(-n2c3ccccc3c3cc4c(cc32)oc2ccccc24)c1.c1ccc(C2(c3ccccc3)c3ccccc3-c3cc4c5ccccc5n(-c5cccc(-c6nc7ccccc7c7c8c(ccc67)C6(c7ccccc7-c7ccccc76)c6ccccc6-8)c5)c4cc32)cc1. The molecule has 0 atom stereocenters. The van der Waals surface area contributed by atoms with Gasteiger partial charge in [-0.2, -0.15) is 0 Å². The molecular weight excluding hydrogens is 1570 g/mol. The first kappa shape index (κ1) is 71.4. The van der Waals surface area contributed by atoms with Crippen molar-refractivity contribution in [2.24, 2.45) is 0 Å². The van der Waals surface area contributed by atoms with Gasteiger partial charge < -0.3 is 13.6 Å². The summed E-state index contributed by atoms with van der Waals surface area (Å²) in [5.74, 6) is 0. The number of aromatic nitrogens is 4. The summed E-state index contributed by atoms with van der Waals surface area (Å²) in [7, 11) is 0. The molecule has 0 N–H and O–H groups in total. The predicted octanol–water partition coefficient (Wildman–Crippen LogP) is 31.3. The Bertz CT molecular complexity index is 9150. The Kier molecular flexibility index (Phi) is 14.6. The first-order valence-corrected chi connectivity index (χ1v) is 45.2. The van der Waals surface area contributed by atoms with Gasteiger partial charge in [0.25, 0.3) is 0 Å². The average Bonchev–Trinajstić information content (AvgIpc) is 1.50. The molecule has 5 heteroatoms.